The van der Waals surface area contributed by atoms with E-state index in [0.29, 0.717) is 43.0 Å². The molecule has 0 saturated carbocycles. The number of Topliss-reactive ketones (excluding diaryl/α,β-unsaturated/α-hetero) is 1. The van der Waals surface area contributed by atoms with Crippen molar-refractivity contribution in [1.82, 2.24) is 0 Å². The Morgan fingerprint density at radius 1 is 1.05 bits per heavy atom. The molecule has 0 spiro atoms. The second-order valence-electron chi connectivity index (χ2n) is 10.3. The van der Waals surface area contributed by atoms with Crippen molar-refractivity contribution in [3.8, 4) is 11.5 Å². The molecule has 0 unspecified atom stereocenters. The molecule has 4 atom stereocenters. The molecule has 6 rings (SSSR count). The normalized spacial score (nSPS) is 26.2. The number of phenols is 1. The number of carbonyl (C=O) groups is 4. The number of anilines is 1. The Kier molecular flexibility index (Phi) is 6.30. The van der Waals surface area contributed by atoms with Gasteiger partial charge in [0.2, 0.25) is 11.8 Å². The van der Waals surface area contributed by atoms with Crippen molar-refractivity contribution in [3.05, 3.63) is 85.0 Å². The van der Waals surface area contributed by atoms with Crippen LogP contribution in [0.2, 0.25) is 5.02 Å². The van der Waals surface area contributed by atoms with Crippen LogP contribution in [0, 0.1) is 21.3 Å². The van der Waals surface area contributed by atoms with E-state index in [1.807, 2.05) is 28.7 Å². The summed E-state index contributed by atoms with van der Waals surface area (Å²) in [6.07, 6.45) is 3.87. The van der Waals surface area contributed by atoms with Gasteiger partial charge >= 0.3 is 0 Å². The van der Waals surface area contributed by atoms with E-state index in [0.717, 1.165) is 5.57 Å². The third kappa shape index (κ3) is 3.90. The molecule has 1 N–H and O–H groups in total. The number of benzene rings is 2. The zero-order valence-electron chi connectivity index (χ0n) is 21.0. The molecule has 3 aliphatic carbocycles. The minimum atomic E-state index is -0.669. The molecule has 7 nitrogen and oxygen atoms in total. The van der Waals surface area contributed by atoms with Gasteiger partial charge in [-0.15, -0.1) is 0 Å². The number of hydrogen-bond donors (Lipinski definition) is 1. The quantitative estimate of drug-likeness (QED) is 0.209. The van der Waals surface area contributed by atoms with Crippen molar-refractivity contribution < 1.29 is 29.0 Å². The van der Waals surface area contributed by atoms with Gasteiger partial charge in [-0.05, 0) is 96.3 Å². The number of methoxy groups -OCH3 is 1. The summed E-state index contributed by atoms with van der Waals surface area (Å²) in [5, 5.41) is 11.0. The molecule has 1 fully saturated rings. The maximum absolute atomic E-state index is 13.9. The summed E-state index contributed by atoms with van der Waals surface area (Å²) < 4.78 is 5.93. The fraction of sp³-hybridized carbons (Fsp3) is 0.267. The number of amides is 2. The smallest absolute Gasteiger partial charge is 0.238 e. The Hall–Kier alpha value is -3.24. The van der Waals surface area contributed by atoms with Gasteiger partial charge in [-0.3, -0.25) is 24.1 Å². The molecule has 2 amide bonds. The maximum atomic E-state index is 13.9. The van der Waals surface area contributed by atoms with Gasteiger partial charge in [0.1, 0.15) is 0 Å². The molecular weight excluding hydrogens is 633 g/mol. The average Bonchev–Trinajstić information content (AvgIpc) is 3.18. The number of carbonyl (C=O) groups excluding carboxylic acids is 4. The number of aromatic hydroxyl groups is 1. The summed E-state index contributed by atoms with van der Waals surface area (Å²) in [6, 6.07) is 10.0. The number of ether oxygens (including phenoxy) is 1. The first kappa shape index (κ1) is 26.0. The molecule has 0 bridgehead atoms. The predicted octanol–water partition coefficient (Wildman–Crippen LogP) is 5.29. The molecular formula is C30H23ClINO6. The Labute approximate surface area is 243 Å². The van der Waals surface area contributed by atoms with E-state index in [1.54, 1.807) is 43.3 Å². The molecule has 198 valence electrons. The summed E-state index contributed by atoms with van der Waals surface area (Å²) >= 11 is 8.03. The monoisotopic (exact) mass is 655 g/mol. The number of phenolic OH excluding ortho intramolecular Hbond substituents is 1. The lowest BCUT2D eigenvalue weighted by atomic mass is 9.59. The maximum Gasteiger partial charge on any atom is 0.238 e. The lowest BCUT2D eigenvalue weighted by Crippen LogP contribution is -2.39. The number of nitrogens with zero attached hydrogens (tertiary/aromatic N) is 1. The summed E-state index contributed by atoms with van der Waals surface area (Å²) in [4.78, 5) is 55.5. The minimum absolute atomic E-state index is 0.0154. The SMILES string of the molecule is COc1cc([C@H]2C3=CC[C@@H]4C(=O)N(c5ccc(Cl)cc5)C(=O)[C@@H]4[C@@H]3CC3=C2C(=O)C(C)=CC3=O)cc(I)c1O. The van der Waals surface area contributed by atoms with Gasteiger partial charge in [0.15, 0.2) is 23.1 Å². The number of rotatable bonds is 3. The van der Waals surface area contributed by atoms with Crippen LogP contribution in [0.25, 0.3) is 0 Å². The second kappa shape index (κ2) is 9.45. The molecule has 1 heterocycles. The van der Waals surface area contributed by atoms with Crippen LogP contribution in [0.4, 0.5) is 5.69 Å². The number of halogens is 2. The van der Waals surface area contributed by atoms with Gasteiger partial charge < -0.3 is 9.84 Å². The summed E-state index contributed by atoms with van der Waals surface area (Å²) in [6.45, 7) is 1.63. The third-order valence-corrected chi connectivity index (χ3v) is 9.33. The standard InChI is InChI=1S/C30H23ClINO6/c1-13-9-22(34)20-12-19-17(24(26(20)27(13)35)14-10-21(32)28(36)23(11-14)39-2)7-8-18-25(19)30(38)33(29(18)37)16-5-3-15(31)4-6-16/h3-7,9-11,18-19,24-25,36H,8,12H2,1-2H3/t18-,19+,24-,25-/m0/s1. The van der Waals surface area contributed by atoms with Crippen LogP contribution >= 0.6 is 34.2 Å². The molecule has 0 aromatic heterocycles. The first-order chi connectivity index (χ1) is 18.6. The molecule has 39 heavy (non-hydrogen) atoms. The molecule has 0 radical (unpaired) electrons. The number of ketones is 2. The van der Waals surface area contributed by atoms with Gasteiger partial charge in [-0.2, -0.15) is 0 Å². The second-order valence-corrected chi connectivity index (χ2v) is 11.9. The van der Waals surface area contributed by atoms with Gasteiger partial charge in [-0.1, -0.05) is 23.3 Å². The predicted molar refractivity (Wildman–Crippen MR) is 153 cm³/mol. The largest absolute Gasteiger partial charge is 0.504 e. The van der Waals surface area contributed by atoms with Gasteiger partial charge in [0.05, 0.1) is 28.2 Å². The molecule has 1 aliphatic heterocycles. The fourth-order valence-electron chi connectivity index (χ4n) is 6.50. The van der Waals surface area contributed by atoms with Crippen LogP contribution in [0.1, 0.15) is 31.2 Å². The van der Waals surface area contributed by atoms with E-state index in [2.05, 4.69) is 0 Å². The van der Waals surface area contributed by atoms with E-state index in [9.17, 15) is 24.3 Å². The van der Waals surface area contributed by atoms with Crippen molar-refractivity contribution in [1.29, 1.82) is 0 Å². The van der Waals surface area contributed by atoms with Crippen molar-refractivity contribution in [2.45, 2.75) is 25.7 Å². The minimum Gasteiger partial charge on any atom is -0.504 e. The van der Waals surface area contributed by atoms with Crippen LogP contribution in [0.5, 0.6) is 11.5 Å². The first-order valence-electron chi connectivity index (χ1n) is 12.5. The van der Waals surface area contributed by atoms with Crippen molar-refractivity contribution in [3.63, 3.8) is 0 Å². The summed E-state index contributed by atoms with van der Waals surface area (Å²) in [7, 11) is 1.45. The van der Waals surface area contributed by atoms with E-state index >= 15 is 0 Å². The zero-order valence-corrected chi connectivity index (χ0v) is 23.9. The highest BCUT2D eigenvalue weighted by molar-refractivity contribution is 14.1. The van der Waals surface area contributed by atoms with Gasteiger partial charge in [0, 0.05) is 27.7 Å². The zero-order chi connectivity index (χ0) is 27.7. The van der Waals surface area contributed by atoms with Gasteiger partial charge in [0.25, 0.3) is 0 Å². The Bertz CT molecular complexity index is 1590. The molecule has 4 aliphatic rings. The Morgan fingerprint density at radius 2 is 1.77 bits per heavy atom. The Balaban J connectivity index is 1.51. The number of allylic oxidation sites excluding steroid dienone is 6. The highest BCUT2D eigenvalue weighted by Gasteiger charge is 2.56. The van der Waals surface area contributed by atoms with Crippen LogP contribution < -0.4 is 9.64 Å². The lowest BCUT2D eigenvalue weighted by molar-refractivity contribution is -0.123. The fourth-order valence-corrected chi connectivity index (χ4v) is 7.25. The average molecular weight is 656 g/mol. The van der Waals surface area contributed by atoms with E-state index in [4.69, 9.17) is 16.3 Å². The highest BCUT2D eigenvalue weighted by Crippen LogP contribution is 2.56. The van der Waals surface area contributed by atoms with Crippen LogP contribution in [0.3, 0.4) is 0 Å². The van der Waals surface area contributed by atoms with Crippen molar-refractivity contribution >= 4 is 63.3 Å². The van der Waals surface area contributed by atoms with Crippen molar-refractivity contribution in [2.24, 2.45) is 17.8 Å². The number of imide groups is 1. The van der Waals surface area contributed by atoms with Crippen molar-refractivity contribution in [2.75, 3.05) is 12.0 Å². The van der Waals surface area contributed by atoms with Crippen LogP contribution in [-0.2, 0) is 19.2 Å². The topological polar surface area (TPSA) is 101 Å². The molecule has 9 heteroatoms. The lowest BCUT2D eigenvalue weighted by Gasteiger charge is -2.42. The van der Waals surface area contributed by atoms with E-state index in [1.165, 1.54) is 18.1 Å². The number of hydrogen-bond acceptors (Lipinski definition) is 6. The molecule has 2 aromatic rings. The van der Waals surface area contributed by atoms with E-state index < -0.39 is 23.7 Å². The molecule has 1 saturated heterocycles. The third-order valence-electron chi connectivity index (χ3n) is 8.25. The van der Waals surface area contributed by atoms with Gasteiger partial charge in [-0.25, -0.2) is 0 Å². The highest BCUT2D eigenvalue weighted by atomic mass is 127. The summed E-state index contributed by atoms with van der Waals surface area (Å²) in [5.74, 6) is -3.11. The molecule has 2 aromatic carbocycles. The summed E-state index contributed by atoms with van der Waals surface area (Å²) in [5.41, 5.74) is 3.11. The van der Waals surface area contributed by atoms with E-state index in [-0.39, 0.29) is 41.3 Å². The Morgan fingerprint density at radius 3 is 2.46 bits per heavy atom. The van der Waals surface area contributed by atoms with Crippen LogP contribution in [-0.4, -0.2) is 35.6 Å². The number of fused-ring (bicyclic) bond motifs is 3. The van der Waals surface area contributed by atoms with Crippen LogP contribution in [0.15, 0.2) is 70.8 Å². The first-order valence-corrected chi connectivity index (χ1v) is 14.0.